The number of amides is 4. The highest BCUT2D eigenvalue weighted by atomic mass is 35.5. The largest absolute Gasteiger partial charge is 0.493 e. The molecule has 1 saturated heterocycles. The second-order valence-corrected chi connectivity index (χ2v) is 7.76. The van der Waals surface area contributed by atoms with E-state index in [-0.39, 0.29) is 35.3 Å². The number of anilines is 1. The molecule has 10 heteroatoms. The Morgan fingerprint density at radius 2 is 1.85 bits per heavy atom. The summed E-state index contributed by atoms with van der Waals surface area (Å²) in [6.45, 7) is 5.26. The number of hydrogen-bond acceptors (Lipinski definition) is 7. The Morgan fingerprint density at radius 1 is 1.12 bits per heavy atom. The third-order valence-electron chi connectivity index (χ3n) is 5.05. The molecule has 2 aromatic carbocycles. The van der Waals surface area contributed by atoms with Gasteiger partial charge in [-0.1, -0.05) is 17.7 Å². The predicted molar refractivity (Wildman–Crippen MR) is 125 cm³/mol. The number of esters is 1. The maximum Gasteiger partial charge on any atom is 0.344 e. The first-order valence-corrected chi connectivity index (χ1v) is 10.7. The minimum atomic E-state index is -0.840. The molecule has 178 valence electrons. The van der Waals surface area contributed by atoms with Gasteiger partial charge in [-0.25, -0.2) is 14.5 Å². The summed E-state index contributed by atoms with van der Waals surface area (Å²) in [6.07, 6.45) is 1.29. The molecule has 9 nitrogen and oxygen atoms in total. The van der Waals surface area contributed by atoms with Crippen LogP contribution in [0, 0.1) is 13.8 Å². The van der Waals surface area contributed by atoms with Crippen molar-refractivity contribution in [3.63, 3.8) is 0 Å². The average Bonchev–Trinajstić information content (AvgIpc) is 2.78. The lowest BCUT2D eigenvalue weighted by atomic mass is 10.0. The fourth-order valence-corrected chi connectivity index (χ4v) is 3.49. The molecule has 0 bridgehead atoms. The van der Waals surface area contributed by atoms with E-state index in [4.69, 9.17) is 25.8 Å². The minimum Gasteiger partial charge on any atom is -0.493 e. The van der Waals surface area contributed by atoms with Gasteiger partial charge in [0.05, 0.1) is 24.4 Å². The molecule has 0 atom stereocenters. The summed E-state index contributed by atoms with van der Waals surface area (Å²) in [4.78, 5) is 50.5. The summed E-state index contributed by atoms with van der Waals surface area (Å²) >= 11 is 6.31. The van der Waals surface area contributed by atoms with Gasteiger partial charge in [-0.05, 0) is 67.8 Å². The van der Waals surface area contributed by atoms with Gasteiger partial charge >= 0.3 is 12.0 Å². The molecule has 1 aliphatic rings. The number of imide groups is 2. The van der Waals surface area contributed by atoms with E-state index in [1.807, 2.05) is 13.8 Å². The number of nitrogens with zero attached hydrogens (tertiary/aromatic N) is 1. The monoisotopic (exact) mass is 486 g/mol. The van der Waals surface area contributed by atoms with Crippen LogP contribution in [-0.2, 0) is 19.1 Å². The van der Waals surface area contributed by atoms with Gasteiger partial charge < -0.3 is 14.2 Å². The van der Waals surface area contributed by atoms with E-state index in [9.17, 15) is 19.2 Å². The summed E-state index contributed by atoms with van der Waals surface area (Å²) in [5.74, 6) is -1.92. The molecule has 1 N–H and O–H groups in total. The maximum atomic E-state index is 13.1. The lowest BCUT2D eigenvalue weighted by Gasteiger charge is -2.27. The van der Waals surface area contributed by atoms with Gasteiger partial charge in [0.1, 0.15) is 5.57 Å². The quantitative estimate of drug-likeness (QED) is 0.361. The number of rotatable bonds is 7. The number of carbonyl (C=O) groups excluding carboxylic acids is 4. The Balaban J connectivity index is 1.95. The van der Waals surface area contributed by atoms with Gasteiger partial charge in [0.15, 0.2) is 18.1 Å². The van der Waals surface area contributed by atoms with E-state index in [1.165, 1.54) is 25.3 Å². The highest BCUT2D eigenvalue weighted by Gasteiger charge is 2.37. The fraction of sp³-hybridized carbons (Fsp3) is 0.250. The molecule has 0 aromatic heterocycles. The molecule has 0 spiro atoms. The van der Waals surface area contributed by atoms with Gasteiger partial charge in [0, 0.05) is 0 Å². The van der Waals surface area contributed by atoms with Crippen LogP contribution >= 0.6 is 11.6 Å². The molecule has 2 aromatic rings. The molecule has 1 heterocycles. The number of methoxy groups -OCH3 is 1. The number of ether oxygens (including phenoxy) is 3. The summed E-state index contributed by atoms with van der Waals surface area (Å²) in [6, 6.07) is 7.18. The fourth-order valence-electron chi connectivity index (χ4n) is 3.22. The smallest absolute Gasteiger partial charge is 0.344 e. The van der Waals surface area contributed by atoms with Crippen molar-refractivity contribution >= 4 is 47.2 Å². The van der Waals surface area contributed by atoms with Crippen LogP contribution < -0.4 is 19.7 Å². The molecular formula is C24H23ClN2O7. The lowest BCUT2D eigenvalue weighted by Crippen LogP contribution is -2.54. The number of urea groups is 1. The van der Waals surface area contributed by atoms with Crippen molar-refractivity contribution in [2.45, 2.75) is 20.8 Å². The predicted octanol–water partition coefficient (Wildman–Crippen LogP) is 3.57. The van der Waals surface area contributed by atoms with E-state index in [0.717, 1.165) is 16.0 Å². The molecule has 0 unspecified atom stereocenters. The topological polar surface area (TPSA) is 111 Å². The zero-order valence-corrected chi connectivity index (χ0v) is 19.8. The van der Waals surface area contributed by atoms with Crippen molar-refractivity contribution in [3.05, 3.63) is 57.6 Å². The van der Waals surface area contributed by atoms with Crippen LogP contribution in [0.1, 0.15) is 23.6 Å². The summed E-state index contributed by atoms with van der Waals surface area (Å²) < 4.78 is 15.5. The summed E-state index contributed by atoms with van der Waals surface area (Å²) in [5.41, 5.74) is 2.29. The van der Waals surface area contributed by atoms with Gasteiger partial charge in [-0.15, -0.1) is 0 Å². The van der Waals surface area contributed by atoms with Gasteiger partial charge in [0.25, 0.3) is 11.8 Å². The van der Waals surface area contributed by atoms with E-state index < -0.39 is 23.8 Å². The Hall–Kier alpha value is -3.85. The lowest BCUT2D eigenvalue weighted by molar-refractivity contribution is -0.145. The van der Waals surface area contributed by atoms with Crippen LogP contribution in [0.15, 0.2) is 35.9 Å². The second kappa shape index (κ2) is 10.4. The molecule has 1 aliphatic heterocycles. The van der Waals surface area contributed by atoms with Crippen molar-refractivity contribution in [1.29, 1.82) is 0 Å². The van der Waals surface area contributed by atoms with E-state index >= 15 is 0 Å². The second-order valence-electron chi connectivity index (χ2n) is 7.35. The first-order valence-electron chi connectivity index (χ1n) is 10.3. The zero-order chi connectivity index (χ0) is 25.0. The van der Waals surface area contributed by atoms with Crippen LogP contribution in [0.25, 0.3) is 6.08 Å². The number of hydrogen-bond donors (Lipinski definition) is 1. The number of benzene rings is 2. The number of aryl methyl sites for hydroxylation is 2. The standard InChI is InChI=1S/C24H23ClN2O7/c1-5-33-20(28)12-34-21-18(25)10-15(11-19(21)32-4)9-17-22(29)26-24(31)27(23(17)30)16-7-6-13(2)14(3)8-16/h6-11H,5,12H2,1-4H3,(H,26,29,31)/b17-9-. The van der Waals surface area contributed by atoms with Crippen molar-refractivity contribution in [3.8, 4) is 11.5 Å². The number of nitrogens with one attached hydrogen (secondary N) is 1. The molecule has 4 amide bonds. The molecule has 1 fully saturated rings. The van der Waals surface area contributed by atoms with Crippen molar-refractivity contribution < 1.29 is 33.4 Å². The molecule has 0 aliphatic carbocycles. The Kier molecular flexibility index (Phi) is 7.57. The third-order valence-corrected chi connectivity index (χ3v) is 5.33. The Morgan fingerprint density at radius 3 is 2.50 bits per heavy atom. The van der Waals surface area contributed by atoms with Crippen LogP contribution in [0.3, 0.4) is 0 Å². The van der Waals surface area contributed by atoms with E-state index in [0.29, 0.717) is 11.3 Å². The number of halogens is 1. The van der Waals surface area contributed by atoms with Crippen molar-refractivity contribution in [2.24, 2.45) is 0 Å². The number of carbonyl (C=O) groups is 4. The first kappa shape index (κ1) is 24.8. The average molecular weight is 487 g/mol. The third kappa shape index (κ3) is 5.20. The first-order chi connectivity index (χ1) is 16.2. The SMILES string of the molecule is CCOC(=O)COc1c(Cl)cc(/C=C2/C(=O)NC(=O)N(c3ccc(C)c(C)c3)C2=O)cc1OC. The molecule has 0 radical (unpaired) electrons. The summed E-state index contributed by atoms with van der Waals surface area (Å²) in [5, 5.41) is 2.27. The van der Waals surface area contributed by atoms with Gasteiger partial charge in [-0.2, -0.15) is 0 Å². The minimum absolute atomic E-state index is 0.0845. The molecule has 3 rings (SSSR count). The molecule has 34 heavy (non-hydrogen) atoms. The van der Waals surface area contributed by atoms with Crippen LogP contribution in [0.2, 0.25) is 5.02 Å². The highest BCUT2D eigenvalue weighted by Crippen LogP contribution is 2.37. The molecule has 0 saturated carbocycles. The highest BCUT2D eigenvalue weighted by molar-refractivity contribution is 6.39. The van der Waals surface area contributed by atoms with Gasteiger partial charge in [0.2, 0.25) is 0 Å². The van der Waals surface area contributed by atoms with Crippen LogP contribution in [0.5, 0.6) is 11.5 Å². The Labute approximate surface area is 201 Å². The van der Waals surface area contributed by atoms with E-state index in [1.54, 1.807) is 25.1 Å². The Bertz CT molecular complexity index is 1210. The maximum absolute atomic E-state index is 13.1. The van der Waals surface area contributed by atoms with Crippen LogP contribution in [0.4, 0.5) is 10.5 Å². The van der Waals surface area contributed by atoms with E-state index in [2.05, 4.69) is 5.32 Å². The zero-order valence-electron chi connectivity index (χ0n) is 19.1. The summed E-state index contributed by atoms with van der Waals surface area (Å²) in [7, 11) is 1.37. The van der Waals surface area contributed by atoms with Crippen molar-refractivity contribution in [1.82, 2.24) is 5.32 Å². The van der Waals surface area contributed by atoms with Gasteiger partial charge in [-0.3, -0.25) is 14.9 Å². The van der Waals surface area contributed by atoms with Crippen LogP contribution in [-0.4, -0.2) is 44.1 Å². The van der Waals surface area contributed by atoms with Crippen molar-refractivity contribution in [2.75, 3.05) is 25.2 Å². The normalized spacial score (nSPS) is 14.8. The number of barbiturate groups is 1. The molecular weight excluding hydrogens is 464 g/mol.